The molecule has 6 heteroatoms. The molecular weight excluding hydrogens is 412 g/mol. The van der Waals surface area contributed by atoms with Crippen LogP contribution in [0.15, 0.2) is 67.0 Å². The van der Waals surface area contributed by atoms with Gasteiger partial charge in [-0.25, -0.2) is 4.98 Å². The number of aromatic nitrogens is 3. The van der Waals surface area contributed by atoms with Crippen molar-refractivity contribution in [1.82, 2.24) is 19.9 Å². The minimum absolute atomic E-state index is 0.116. The molecule has 0 bridgehead atoms. The van der Waals surface area contributed by atoms with Crippen molar-refractivity contribution in [2.75, 3.05) is 13.2 Å². The molecule has 2 aromatic heterocycles. The zero-order valence-corrected chi connectivity index (χ0v) is 19.3. The minimum atomic E-state index is -0.116. The van der Waals surface area contributed by atoms with E-state index in [2.05, 4.69) is 53.0 Å². The number of para-hydroxylation sites is 2. The monoisotopic (exact) mass is 442 g/mol. The van der Waals surface area contributed by atoms with Crippen LogP contribution in [0.1, 0.15) is 40.2 Å². The Morgan fingerprint density at radius 1 is 1.06 bits per heavy atom. The van der Waals surface area contributed by atoms with Gasteiger partial charge in [0.2, 0.25) is 0 Å². The minimum Gasteiger partial charge on any atom is -0.493 e. The lowest BCUT2D eigenvalue weighted by Crippen LogP contribution is -2.26. The van der Waals surface area contributed by atoms with Gasteiger partial charge in [-0.05, 0) is 68.1 Å². The second-order valence-electron chi connectivity index (χ2n) is 8.24. The molecular formula is C27H30N4O2. The van der Waals surface area contributed by atoms with Gasteiger partial charge in [0.05, 0.1) is 23.2 Å². The number of nitrogens with zero attached hydrogens (tertiary/aromatic N) is 3. The summed E-state index contributed by atoms with van der Waals surface area (Å²) in [5.41, 5.74) is 5.05. The van der Waals surface area contributed by atoms with E-state index in [1.54, 1.807) is 24.5 Å². The summed E-state index contributed by atoms with van der Waals surface area (Å²) in [7, 11) is 0. The molecule has 0 aliphatic carbocycles. The number of benzene rings is 2. The fourth-order valence-electron chi connectivity index (χ4n) is 3.87. The maximum atomic E-state index is 12.3. The number of pyridine rings is 1. The molecule has 2 heterocycles. The highest BCUT2D eigenvalue weighted by atomic mass is 16.5. The van der Waals surface area contributed by atoms with E-state index in [4.69, 9.17) is 9.72 Å². The molecule has 0 spiro atoms. The fourth-order valence-corrected chi connectivity index (χ4v) is 3.87. The number of ether oxygens (including phenoxy) is 1. The van der Waals surface area contributed by atoms with Gasteiger partial charge in [-0.1, -0.05) is 24.3 Å². The third-order valence-electron chi connectivity index (χ3n) is 5.67. The molecule has 0 saturated heterocycles. The summed E-state index contributed by atoms with van der Waals surface area (Å²) in [6.07, 6.45) is 5.84. The number of fused-ring (bicyclic) bond motifs is 1. The third kappa shape index (κ3) is 5.77. The predicted molar refractivity (Wildman–Crippen MR) is 131 cm³/mol. The van der Waals surface area contributed by atoms with Crippen LogP contribution in [0.3, 0.4) is 0 Å². The van der Waals surface area contributed by atoms with Gasteiger partial charge in [0.1, 0.15) is 11.6 Å². The highest BCUT2D eigenvalue weighted by molar-refractivity contribution is 5.93. The summed E-state index contributed by atoms with van der Waals surface area (Å²) < 4.78 is 8.28. The van der Waals surface area contributed by atoms with E-state index in [0.717, 1.165) is 47.6 Å². The van der Waals surface area contributed by atoms with Gasteiger partial charge in [0.25, 0.3) is 5.91 Å². The van der Waals surface area contributed by atoms with E-state index in [1.165, 1.54) is 5.56 Å². The van der Waals surface area contributed by atoms with Crippen LogP contribution in [0.4, 0.5) is 0 Å². The lowest BCUT2D eigenvalue weighted by atomic mass is 10.1. The van der Waals surface area contributed by atoms with Gasteiger partial charge in [0.15, 0.2) is 0 Å². The maximum absolute atomic E-state index is 12.3. The van der Waals surface area contributed by atoms with Crippen LogP contribution in [0.2, 0.25) is 0 Å². The average molecular weight is 443 g/mol. The molecule has 0 unspecified atom stereocenters. The molecule has 0 aliphatic rings. The molecule has 4 rings (SSSR count). The Morgan fingerprint density at radius 3 is 2.79 bits per heavy atom. The van der Waals surface area contributed by atoms with Crippen molar-refractivity contribution in [2.24, 2.45) is 0 Å². The van der Waals surface area contributed by atoms with Crippen molar-refractivity contribution >= 4 is 16.9 Å². The first-order valence-corrected chi connectivity index (χ1v) is 11.4. The smallest absolute Gasteiger partial charge is 0.252 e. The molecule has 6 nitrogen and oxygen atoms in total. The Morgan fingerprint density at radius 2 is 1.94 bits per heavy atom. The third-order valence-corrected chi connectivity index (χ3v) is 5.67. The number of amides is 1. The number of hydrogen-bond donors (Lipinski definition) is 1. The van der Waals surface area contributed by atoms with Crippen molar-refractivity contribution in [3.8, 4) is 5.75 Å². The van der Waals surface area contributed by atoms with Gasteiger partial charge in [-0.3, -0.25) is 9.78 Å². The average Bonchev–Trinajstić information content (AvgIpc) is 3.19. The number of imidazole rings is 1. The molecule has 2 aromatic carbocycles. The van der Waals surface area contributed by atoms with Crippen LogP contribution in [0, 0.1) is 13.8 Å². The number of aryl methyl sites for hydroxylation is 3. The Hall–Kier alpha value is -3.67. The summed E-state index contributed by atoms with van der Waals surface area (Å²) in [4.78, 5) is 21.1. The second-order valence-corrected chi connectivity index (χ2v) is 8.24. The van der Waals surface area contributed by atoms with Crippen LogP contribution in [0.25, 0.3) is 11.0 Å². The highest BCUT2D eigenvalue weighted by Crippen LogP contribution is 2.20. The number of unbranched alkanes of at least 4 members (excludes halogenated alkanes) is 1. The van der Waals surface area contributed by atoms with E-state index >= 15 is 0 Å². The number of rotatable bonds is 10. The Labute approximate surface area is 194 Å². The summed E-state index contributed by atoms with van der Waals surface area (Å²) >= 11 is 0. The first-order valence-electron chi connectivity index (χ1n) is 11.4. The van der Waals surface area contributed by atoms with Crippen LogP contribution in [-0.2, 0) is 13.0 Å². The van der Waals surface area contributed by atoms with E-state index in [0.29, 0.717) is 25.1 Å². The van der Waals surface area contributed by atoms with E-state index in [-0.39, 0.29) is 5.91 Å². The quantitative estimate of drug-likeness (QED) is 0.356. The first-order chi connectivity index (χ1) is 16.1. The zero-order valence-electron chi connectivity index (χ0n) is 19.3. The van der Waals surface area contributed by atoms with E-state index < -0.39 is 0 Å². The Balaban J connectivity index is 1.34. The van der Waals surface area contributed by atoms with Crippen LogP contribution in [0.5, 0.6) is 5.75 Å². The van der Waals surface area contributed by atoms with Gasteiger partial charge in [0, 0.05) is 31.9 Å². The molecule has 0 fully saturated rings. The van der Waals surface area contributed by atoms with Crippen LogP contribution in [-0.4, -0.2) is 33.6 Å². The normalized spacial score (nSPS) is 11.0. The van der Waals surface area contributed by atoms with Gasteiger partial charge in [-0.15, -0.1) is 0 Å². The summed E-state index contributed by atoms with van der Waals surface area (Å²) in [6.45, 7) is 6.23. The predicted octanol–water partition coefficient (Wildman–Crippen LogP) is 4.88. The molecule has 0 atom stereocenters. The fraction of sp³-hybridized carbons (Fsp3) is 0.296. The van der Waals surface area contributed by atoms with Gasteiger partial charge >= 0.3 is 0 Å². The number of carbonyl (C=O) groups is 1. The van der Waals surface area contributed by atoms with Gasteiger partial charge < -0.3 is 14.6 Å². The molecule has 0 saturated carbocycles. The van der Waals surface area contributed by atoms with Crippen LogP contribution >= 0.6 is 0 Å². The second kappa shape index (κ2) is 10.8. The summed E-state index contributed by atoms with van der Waals surface area (Å²) in [5.74, 6) is 1.83. The SMILES string of the molecule is Cc1ccc(C)c(OCCCCn2c(CCNC(=O)c3cccnc3)nc3ccccc32)c1. The molecule has 0 aliphatic heterocycles. The number of nitrogens with one attached hydrogen (secondary N) is 1. The lowest BCUT2D eigenvalue weighted by molar-refractivity contribution is 0.0953. The van der Waals surface area contributed by atoms with Crippen LogP contribution < -0.4 is 10.1 Å². The summed E-state index contributed by atoms with van der Waals surface area (Å²) in [6, 6.07) is 18.0. The van der Waals surface area contributed by atoms with Gasteiger partial charge in [-0.2, -0.15) is 0 Å². The lowest BCUT2D eigenvalue weighted by Gasteiger charge is -2.12. The highest BCUT2D eigenvalue weighted by Gasteiger charge is 2.11. The molecule has 33 heavy (non-hydrogen) atoms. The Kier molecular flexibility index (Phi) is 7.35. The van der Waals surface area contributed by atoms with Crippen molar-refractivity contribution in [3.63, 3.8) is 0 Å². The topological polar surface area (TPSA) is 69.0 Å². The van der Waals surface area contributed by atoms with Crippen molar-refractivity contribution < 1.29 is 9.53 Å². The molecule has 4 aromatic rings. The molecule has 170 valence electrons. The van der Waals surface area contributed by atoms with E-state index in [1.807, 2.05) is 18.2 Å². The first kappa shape index (κ1) is 22.5. The molecule has 1 N–H and O–H groups in total. The summed E-state index contributed by atoms with van der Waals surface area (Å²) in [5, 5.41) is 2.97. The number of hydrogen-bond acceptors (Lipinski definition) is 4. The zero-order chi connectivity index (χ0) is 23.0. The largest absolute Gasteiger partial charge is 0.493 e. The van der Waals surface area contributed by atoms with Crippen molar-refractivity contribution in [3.05, 3.63) is 89.5 Å². The standard InChI is InChI=1S/C27H30N4O2/c1-20-11-12-21(2)25(18-20)33-17-6-5-16-31-24-10-4-3-9-23(24)30-26(31)13-15-29-27(32)22-8-7-14-28-19-22/h3-4,7-12,14,18-19H,5-6,13,15-17H2,1-2H3,(H,29,32). The van der Waals surface area contributed by atoms with Crippen molar-refractivity contribution in [1.29, 1.82) is 0 Å². The molecule has 1 amide bonds. The Bertz CT molecular complexity index is 1220. The van der Waals surface area contributed by atoms with Crippen molar-refractivity contribution in [2.45, 2.75) is 39.7 Å². The van der Waals surface area contributed by atoms with E-state index in [9.17, 15) is 4.79 Å². The molecule has 0 radical (unpaired) electrons. The number of carbonyl (C=O) groups excluding carboxylic acids is 1. The maximum Gasteiger partial charge on any atom is 0.252 e.